The second-order valence-electron chi connectivity index (χ2n) is 21.1. The zero-order chi connectivity index (χ0) is 65.0. The predicted octanol–water partition coefficient (Wildman–Crippen LogP) is -1.86. The van der Waals surface area contributed by atoms with Crippen LogP contribution in [0.25, 0.3) is 34.4 Å². The first kappa shape index (κ1) is 66.6. The predicted molar refractivity (Wildman–Crippen MR) is 299 cm³/mol. The van der Waals surface area contributed by atoms with Gasteiger partial charge in [0.25, 0.3) is 0 Å². The number of methoxy groups -OCH3 is 2. The van der Waals surface area contributed by atoms with Crippen molar-refractivity contribution in [2.24, 2.45) is 0 Å². The Kier molecular flexibility index (Phi) is 21.2. The highest BCUT2D eigenvalue weighted by molar-refractivity contribution is 5.90. The number of aliphatic hydroxyl groups excluding tert-OH is 12. The SMILES string of the molecule is COc1cc(-c2[o+]c3cc(O)cc(O[C@@H]4O[C@H](CO)[C@@H](O)[C@H](O)[C@H]4O)c3cc2O[C@@H]2O[C@H](CO[C@@H]3O[C@@H](C)[C@H](OC(=O)/C=C/c4ccc(O[C@@H]5O[C@H](COC(=O)C=Cc6ccc(O)c(O)c6)[C@@H](O)[C@H](O)[C@H]5O)cc4)[C@@H](O)[C@H]3O)[C@@H](O)[C@H](O)[C@H]2O)cc(OC)c1O. The van der Waals surface area contributed by atoms with E-state index in [9.17, 15) is 91.3 Å². The minimum absolute atomic E-state index is 0.0549. The largest absolute Gasteiger partial charge is 0.507 e. The Morgan fingerprint density at radius 1 is 0.522 bits per heavy atom. The fourth-order valence-electron chi connectivity index (χ4n) is 9.95. The molecule has 16 N–H and O–H groups in total. The topological polar surface area (TPSA) is 480 Å². The van der Waals surface area contributed by atoms with Crippen LogP contribution in [0.15, 0.2) is 89.4 Å². The molecule has 0 spiro atoms. The Morgan fingerprint density at radius 2 is 1.06 bits per heavy atom. The number of ether oxygens (including phenoxy) is 12. The Balaban J connectivity index is 0.824. The lowest BCUT2D eigenvalue weighted by atomic mass is 9.98. The van der Waals surface area contributed by atoms with E-state index in [1.54, 1.807) is 0 Å². The zero-order valence-corrected chi connectivity index (χ0v) is 47.7. The molecule has 0 radical (unpaired) electrons. The van der Waals surface area contributed by atoms with E-state index in [4.69, 9.17) is 61.3 Å². The molecule has 0 unspecified atom stereocenters. The second kappa shape index (κ2) is 28.6. The van der Waals surface area contributed by atoms with E-state index in [-0.39, 0.29) is 56.8 Å². The molecule has 20 atom stereocenters. The molecule has 9 rings (SSSR count). The van der Waals surface area contributed by atoms with Gasteiger partial charge < -0.3 is 139 Å². The van der Waals surface area contributed by atoms with Crippen LogP contribution in [0.1, 0.15) is 18.1 Å². The fourth-order valence-corrected chi connectivity index (χ4v) is 9.95. The van der Waals surface area contributed by atoms with Crippen LogP contribution in [0.5, 0.6) is 51.7 Å². The maximum Gasteiger partial charge on any atom is 0.402 e. The molecule has 0 saturated carbocycles. The summed E-state index contributed by atoms with van der Waals surface area (Å²) in [5.41, 5.74) is 0.676. The molecule has 4 fully saturated rings. The molecule has 31 heteroatoms. The molecule has 0 amide bonds. The monoisotopic (exact) mass is 1270 g/mol. The number of fused-ring (bicyclic) bond motifs is 1. The van der Waals surface area contributed by atoms with Crippen molar-refractivity contribution >= 4 is 35.1 Å². The highest BCUT2D eigenvalue weighted by atomic mass is 16.7. The van der Waals surface area contributed by atoms with Crippen molar-refractivity contribution in [3.8, 4) is 63.1 Å². The van der Waals surface area contributed by atoms with Crippen LogP contribution in [0.4, 0.5) is 0 Å². The molecule has 31 nitrogen and oxygen atoms in total. The van der Waals surface area contributed by atoms with Gasteiger partial charge in [-0.3, -0.25) is 0 Å². The van der Waals surface area contributed by atoms with Crippen molar-refractivity contribution < 1.29 is 153 Å². The smallest absolute Gasteiger partial charge is 0.402 e. The van der Waals surface area contributed by atoms with Gasteiger partial charge in [0, 0.05) is 36.4 Å². The van der Waals surface area contributed by atoms with Crippen molar-refractivity contribution in [3.05, 3.63) is 96.1 Å². The lowest BCUT2D eigenvalue weighted by Crippen LogP contribution is -2.62. The number of aromatic hydroxyl groups is 4. The van der Waals surface area contributed by atoms with Gasteiger partial charge in [0.15, 0.2) is 35.4 Å². The van der Waals surface area contributed by atoms with Crippen LogP contribution < -0.4 is 23.7 Å². The number of esters is 2. The number of rotatable bonds is 20. The van der Waals surface area contributed by atoms with Gasteiger partial charge in [-0.2, -0.15) is 0 Å². The fraction of sp³-hybridized carbons (Fsp3) is 0.441. The summed E-state index contributed by atoms with van der Waals surface area (Å²) in [5.74, 6) is -4.56. The maximum atomic E-state index is 13.1. The minimum atomic E-state index is -2.04. The van der Waals surface area contributed by atoms with E-state index in [2.05, 4.69) is 0 Å². The molecule has 488 valence electrons. The van der Waals surface area contributed by atoms with Crippen molar-refractivity contribution in [3.63, 3.8) is 0 Å². The highest BCUT2D eigenvalue weighted by Crippen LogP contribution is 2.46. The van der Waals surface area contributed by atoms with Gasteiger partial charge >= 0.3 is 23.3 Å². The summed E-state index contributed by atoms with van der Waals surface area (Å²) in [4.78, 5) is 25.5. The van der Waals surface area contributed by atoms with Gasteiger partial charge in [-0.1, -0.05) is 18.2 Å². The number of aliphatic hydroxyl groups is 12. The Hall–Kier alpha value is -7.77. The highest BCUT2D eigenvalue weighted by Gasteiger charge is 2.51. The van der Waals surface area contributed by atoms with Crippen LogP contribution in [-0.4, -0.2) is 251 Å². The summed E-state index contributed by atoms with van der Waals surface area (Å²) < 4.78 is 74.0. The van der Waals surface area contributed by atoms with E-state index >= 15 is 0 Å². The van der Waals surface area contributed by atoms with Crippen LogP contribution in [0.2, 0.25) is 0 Å². The molecule has 0 bridgehead atoms. The number of phenolic OH excluding ortho intramolecular Hbond substituents is 4. The normalized spacial score (nSPS) is 32.1. The summed E-state index contributed by atoms with van der Waals surface area (Å²) in [6, 6.07) is 15.7. The van der Waals surface area contributed by atoms with Gasteiger partial charge in [-0.15, -0.1) is 0 Å². The number of carbonyl (C=O) groups excluding carboxylic acids is 2. The Labute approximate surface area is 509 Å². The van der Waals surface area contributed by atoms with Gasteiger partial charge in [0.2, 0.25) is 30.4 Å². The third-order valence-electron chi connectivity index (χ3n) is 15.0. The Morgan fingerprint density at radius 3 is 1.66 bits per heavy atom. The molecule has 5 aromatic rings. The number of hydrogen-bond acceptors (Lipinski definition) is 30. The average Bonchev–Trinajstić information content (AvgIpc) is 0.782. The molecule has 5 heterocycles. The van der Waals surface area contributed by atoms with Crippen molar-refractivity contribution in [1.82, 2.24) is 0 Å². The summed E-state index contributed by atoms with van der Waals surface area (Å²) >= 11 is 0. The van der Waals surface area contributed by atoms with E-state index < -0.39 is 172 Å². The molecule has 4 aliphatic rings. The molecule has 0 aliphatic carbocycles. The minimum Gasteiger partial charge on any atom is -0.507 e. The first-order valence-corrected chi connectivity index (χ1v) is 27.7. The third-order valence-corrected chi connectivity index (χ3v) is 15.0. The van der Waals surface area contributed by atoms with E-state index in [1.807, 2.05) is 0 Å². The lowest BCUT2D eigenvalue weighted by molar-refractivity contribution is -0.319. The van der Waals surface area contributed by atoms with Crippen LogP contribution in [0, 0.1) is 0 Å². The van der Waals surface area contributed by atoms with Gasteiger partial charge in [0.05, 0.1) is 45.2 Å². The quantitative estimate of drug-likeness (QED) is 0.0176. The summed E-state index contributed by atoms with van der Waals surface area (Å²) in [7, 11) is 2.50. The van der Waals surface area contributed by atoms with E-state index in [0.717, 1.165) is 24.3 Å². The number of carbonyl (C=O) groups is 2. The number of benzene rings is 4. The van der Waals surface area contributed by atoms with Gasteiger partial charge in [-0.25, -0.2) is 14.0 Å². The van der Waals surface area contributed by atoms with Crippen LogP contribution in [-0.2, 0) is 42.7 Å². The van der Waals surface area contributed by atoms with Crippen molar-refractivity contribution in [2.75, 3.05) is 34.0 Å². The molecule has 4 saturated heterocycles. The van der Waals surface area contributed by atoms with Crippen LogP contribution in [0.3, 0.4) is 0 Å². The lowest BCUT2D eigenvalue weighted by Gasteiger charge is -2.42. The molecule has 4 aromatic carbocycles. The maximum absolute atomic E-state index is 13.1. The molecule has 4 aliphatic heterocycles. The molecular weight excluding hydrogens is 1200 g/mol. The third kappa shape index (κ3) is 14.7. The van der Waals surface area contributed by atoms with E-state index in [0.29, 0.717) is 11.1 Å². The summed E-state index contributed by atoms with van der Waals surface area (Å²) in [6.45, 7) is -0.705. The zero-order valence-electron chi connectivity index (χ0n) is 47.7. The van der Waals surface area contributed by atoms with E-state index in [1.165, 1.54) is 94.0 Å². The van der Waals surface area contributed by atoms with Gasteiger partial charge in [0.1, 0.15) is 115 Å². The molecular formula is C59H67O31+. The van der Waals surface area contributed by atoms with Crippen LogP contribution >= 0.6 is 0 Å². The summed E-state index contributed by atoms with van der Waals surface area (Å²) in [5, 5.41) is 170. The standard InChI is InChI=1S/C59H66O31/c1-23-54(90-41(65)13-7-24-4-9-28(10-5-24)83-57-50(74)47(71)44(68)38(88-57)21-80-40(64)12-8-25-6-11-30(62)31(63)14-25)49(73)53(77)56(82-23)81-22-39-45(69)48(72)52(76)59(89-39)86-36-19-29-32(84-55(36)26-15-34(78-2)42(66)35(16-26)79-3)17-27(61)18-33(29)85-58-51(75)46(70)43(67)37(20-60)87-58/h4-19,23,37-39,43-54,56-60,67-77H,20-22H2,1-3H3,(H3-,61,62,63,64,66)/p+1/b13-7+/t23-,37+,38+,39+,43+,44+,45+,46-,47-,48-,49-,50+,51+,52+,53+,54-,56+,57+,58+,59+/m0/s1. The first-order chi connectivity index (χ1) is 42.9. The number of phenols is 4. The molecule has 1 aromatic heterocycles. The van der Waals surface area contributed by atoms with Crippen molar-refractivity contribution in [1.29, 1.82) is 0 Å². The average molecular weight is 1270 g/mol. The number of hydrogen-bond donors (Lipinski definition) is 16. The second-order valence-corrected chi connectivity index (χ2v) is 21.1. The van der Waals surface area contributed by atoms with Crippen molar-refractivity contribution in [2.45, 2.75) is 130 Å². The van der Waals surface area contributed by atoms with Gasteiger partial charge in [-0.05, 0) is 54.5 Å². The Bertz CT molecular complexity index is 3330. The summed E-state index contributed by atoms with van der Waals surface area (Å²) in [6.07, 6.45) is -29.8. The molecule has 90 heavy (non-hydrogen) atoms. The first-order valence-electron chi connectivity index (χ1n) is 27.7.